The van der Waals surface area contributed by atoms with E-state index in [1.807, 2.05) is 89.5 Å². The molecule has 3 heterocycles. The molecule has 0 saturated carbocycles. The first-order valence-electron chi connectivity index (χ1n) is 9.33. The van der Waals surface area contributed by atoms with Gasteiger partial charge in [-0.3, -0.25) is 9.59 Å². The highest BCUT2D eigenvalue weighted by Gasteiger charge is 2.32. The quantitative estimate of drug-likeness (QED) is 0.399. The van der Waals surface area contributed by atoms with E-state index in [2.05, 4.69) is 0 Å². The standard InChI is InChI=1S/C24H18N2O2/c27-23(24(28)26-15-13-18-10-4-5-12-21(18)26)22-20(17-8-2-1-3-9-17)16-19-11-6-7-14-25(19)22/h1-12,14,16H,13,15H2. The molecule has 0 saturated heterocycles. The van der Waals surface area contributed by atoms with Gasteiger partial charge in [0.25, 0.3) is 5.78 Å². The maximum atomic E-state index is 13.4. The summed E-state index contributed by atoms with van der Waals surface area (Å²) in [4.78, 5) is 28.2. The summed E-state index contributed by atoms with van der Waals surface area (Å²) >= 11 is 0. The van der Waals surface area contributed by atoms with Crippen molar-refractivity contribution in [2.45, 2.75) is 6.42 Å². The predicted molar refractivity (Wildman–Crippen MR) is 110 cm³/mol. The van der Waals surface area contributed by atoms with Gasteiger partial charge in [-0.15, -0.1) is 0 Å². The fourth-order valence-electron chi connectivity index (χ4n) is 3.97. The van der Waals surface area contributed by atoms with Crippen LogP contribution in [0.4, 0.5) is 5.69 Å². The number of carbonyl (C=O) groups excluding carboxylic acids is 2. The first kappa shape index (κ1) is 16.5. The van der Waals surface area contributed by atoms with E-state index in [-0.39, 0.29) is 0 Å². The Morgan fingerprint density at radius 1 is 0.821 bits per heavy atom. The summed E-state index contributed by atoms with van der Waals surface area (Å²) < 4.78 is 1.81. The molecule has 28 heavy (non-hydrogen) atoms. The molecule has 4 aromatic rings. The number of para-hydroxylation sites is 1. The van der Waals surface area contributed by atoms with Crippen molar-refractivity contribution in [3.05, 3.63) is 96.3 Å². The Labute approximate surface area is 162 Å². The minimum atomic E-state index is -0.484. The summed E-state index contributed by atoms with van der Waals surface area (Å²) in [5.41, 5.74) is 4.94. The van der Waals surface area contributed by atoms with Crippen molar-refractivity contribution in [2.24, 2.45) is 0 Å². The topological polar surface area (TPSA) is 41.8 Å². The molecule has 0 spiro atoms. The predicted octanol–water partition coefficient (Wildman–Crippen LogP) is 4.38. The molecule has 0 aliphatic carbocycles. The smallest absolute Gasteiger partial charge is 0.301 e. The van der Waals surface area contributed by atoms with Crippen molar-refractivity contribution in [3.63, 3.8) is 0 Å². The number of fused-ring (bicyclic) bond motifs is 2. The lowest BCUT2D eigenvalue weighted by molar-refractivity contribution is -0.114. The lowest BCUT2D eigenvalue weighted by Gasteiger charge is -2.17. The number of anilines is 1. The molecule has 1 amide bonds. The lowest BCUT2D eigenvalue weighted by Crippen LogP contribution is -2.36. The van der Waals surface area contributed by atoms with Crippen LogP contribution in [0.3, 0.4) is 0 Å². The maximum absolute atomic E-state index is 13.4. The van der Waals surface area contributed by atoms with Gasteiger partial charge in [0.2, 0.25) is 0 Å². The van der Waals surface area contributed by atoms with Crippen LogP contribution in [-0.2, 0) is 11.2 Å². The second-order valence-electron chi connectivity index (χ2n) is 6.93. The summed E-state index contributed by atoms with van der Waals surface area (Å²) in [6.07, 6.45) is 2.61. The Morgan fingerprint density at radius 2 is 1.57 bits per heavy atom. The minimum Gasteiger partial charge on any atom is -0.313 e. The molecule has 4 heteroatoms. The molecule has 0 atom stereocenters. The first-order chi connectivity index (χ1) is 13.7. The number of amides is 1. The maximum Gasteiger partial charge on any atom is 0.301 e. The van der Waals surface area contributed by atoms with Crippen molar-refractivity contribution in [3.8, 4) is 11.1 Å². The summed E-state index contributed by atoms with van der Waals surface area (Å²) in [6, 6.07) is 25.2. The number of carbonyl (C=O) groups is 2. The third-order valence-corrected chi connectivity index (χ3v) is 5.31. The van der Waals surface area contributed by atoms with Gasteiger partial charge in [0, 0.05) is 29.5 Å². The summed E-state index contributed by atoms with van der Waals surface area (Å²) in [6.45, 7) is 0.536. The molecule has 1 aliphatic heterocycles. The average Bonchev–Trinajstić information content (AvgIpc) is 3.35. The molecule has 0 fully saturated rings. The van der Waals surface area contributed by atoms with Crippen LogP contribution in [0.15, 0.2) is 85.1 Å². The minimum absolute atomic E-state index is 0.413. The van der Waals surface area contributed by atoms with Crippen molar-refractivity contribution < 1.29 is 9.59 Å². The number of pyridine rings is 1. The van der Waals surface area contributed by atoms with E-state index >= 15 is 0 Å². The third kappa shape index (κ3) is 2.54. The number of rotatable bonds is 3. The fourth-order valence-corrected chi connectivity index (χ4v) is 3.97. The zero-order valence-corrected chi connectivity index (χ0v) is 15.2. The van der Waals surface area contributed by atoms with Crippen molar-refractivity contribution in [1.29, 1.82) is 0 Å². The molecule has 2 aromatic heterocycles. The molecule has 0 N–H and O–H groups in total. The number of aromatic nitrogens is 1. The van der Waals surface area contributed by atoms with Gasteiger partial charge in [0.05, 0.1) is 0 Å². The molecular formula is C24H18N2O2. The third-order valence-electron chi connectivity index (χ3n) is 5.31. The van der Waals surface area contributed by atoms with Gasteiger partial charge in [0.1, 0.15) is 5.69 Å². The van der Waals surface area contributed by atoms with Gasteiger partial charge < -0.3 is 9.30 Å². The highest BCUT2D eigenvalue weighted by atomic mass is 16.2. The number of Topliss-reactive ketones (excluding diaryl/α,β-unsaturated/α-hetero) is 1. The number of ketones is 1. The van der Waals surface area contributed by atoms with Crippen LogP contribution in [0.2, 0.25) is 0 Å². The molecule has 4 nitrogen and oxygen atoms in total. The van der Waals surface area contributed by atoms with Gasteiger partial charge in [-0.1, -0.05) is 54.6 Å². The highest BCUT2D eigenvalue weighted by molar-refractivity contribution is 6.48. The summed E-state index contributed by atoms with van der Waals surface area (Å²) in [7, 11) is 0. The molecule has 1 aliphatic rings. The first-order valence-corrected chi connectivity index (χ1v) is 9.33. The summed E-state index contributed by atoms with van der Waals surface area (Å²) in [5.74, 6) is -0.965. The van der Waals surface area contributed by atoms with Crippen LogP contribution in [-0.4, -0.2) is 22.6 Å². The van der Waals surface area contributed by atoms with E-state index in [4.69, 9.17) is 0 Å². The largest absolute Gasteiger partial charge is 0.313 e. The molecule has 0 bridgehead atoms. The fraction of sp³-hybridized carbons (Fsp3) is 0.0833. The average molecular weight is 366 g/mol. The van der Waals surface area contributed by atoms with Gasteiger partial charge in [-0.25, -0.2) is 0 Å². The van der Waals surface area contributed by atoms with E-state index in [1.165, 1.54) is 0 Å². The molecule has 5 rings (SSSR count). The van der Waals surface area contributed by atoms with E-state index in [1.54, 1.807) is 4.90 Å². The van der Waals surface area contributed by atoms with Crippen LogP contribution in [0.25, 0.3) is 16.6 Å². The number of hydrogen-bond donors (Lipinski definition) is 0. The molecular weight excluding hydrogens is 348 g/mol. The Hall–Kier alpha value is -3.66. The lowest BCUT2D eigenvalue weighted by atomic mass is 10.0. The van der Waals surface area contributed by atoms with Crippen LogP contribution >= 0.6 is 0 Å². The van der Waals surface area contributed by atoms with Gasteiger partial charge in [0.15, 0.2) is 0 Å². The van der Waals surface area contributed by atoms with E-state index in [0.29, 0.717) is 12.2 Å². The van der Waals surface area contributed by atoms with E-state index in [0.717, 1.165) is 34.3 Å². The zero-order valence-electron chi connectivity index (χ0n) is 15.2. The van der Waals surface area contributed by atoms with Crippen molar-refractivity contribution in [1.82, 2.24) is 4.40 Å². The SMILES string of the molecule is O=C(C(=O)N1CCc2ccccc21)c1c(-c2ccccc2)cc2ccccn12. The Bertz CT molecular complexity index is 1210. The van der Waals surface area contributed by atoms with Gasteiger partial charge in [-0.2, -0.15) is 0 Å². The number of benzene rings is 2. The molecule has 0 unspecified atom stereocenters. The van der Waals surface area contributed by atoms with Crippen LogP contribution < -0.4 is 4.90 Å². The molecule has 2 aromatic carbocycles. The monoisotopic (exact) mass is 366 g/mol. The second-order valence-corrected chi connectivity index (χ2v) is 6.93. The van der Waals surface area contributed by atoms with Crippen LogP contribution in [0, 0.1) is 0 Å². The second kappa shape index (κ2) is 6.50. The normalized spacial score (nSPS) is 12.9. The van der Waals surface area contributed by atoms with Crippen molar-refractivity contribution in [2.75, 3.05) is 11.4 Å². The Morgan fingerprint density at radius 3 is 2.43 bits per heavy atom. The zero-order chi connectivity index (χ0) is 19.1. The number of hydrogen-bond acceptors (Lipinski definition) is 2. The molecule has 136 valence electrons. The Kier molecular flexibility index (Phi) is 3.83. The van der Waals surface area contributed by atoms with E-state index in [9.17, 15) is 9.59 Å². The van der Waals surface area contributed by atoms with Gasteiger partial charge in [-0.05, 0) is 41.8 Å². The number of nitrogens with zero attached hydrogens (tertiary/aromatic N) is 2. The van der Waals surface area contributed by atoms with Crippen LogP contribution in [0.1, 0.15) is 16.1 Å². The van der Waals surface area contributed by atoms with Crippen LogP contribution in [0.5, 0.6) is 0 Å². The van der Waals surface area contributed by atoms with Gasteiger partial charge >= 0.3 is 5.91 Å². The Balaban J connectivity index is 1.63. The van der Waals surface area contributed by atoms with Crippen molar-refractivity contribution >= 4 is 22.9 Å². The van der Waals surface area contributed by atoms with E-state index < -0.39 is 11.7 Å². The summed E-state index contributed by atoms with van der Waals surface area (Å²) in [5, 5.41) is 0. The highest BCUT2D eigenvalue weighted by Crippen LogP contribution is 2.31. The molecule has 0 radical (unpaired) electrons.